The van der Waals surface area contributed by atoms with E-state index in [0.717, 1.165) is 46.0 Å². The molecule has 0 saturated heterocycles. The number of benzene rings is 1. The minimum atomic E-state index is -0.145. The minimum Gasteiger partial charge on any atom is -0.459 e. The van der Waals surface area contributed by atoms with Gasteiger partial charge in [-0.3, -0.25) is 0 Å². The van der Waals surface area contributed by atoms with Gasteiger partial charge in [-0.2, -0.15) is 0 Å². The van der Waals surface area contributed by atoms with Crippen molar-refractivity contribution in [3.63, 3.8) is 0 Å². The molecule has 1 aromatic rings. The lowest BCUT2D eigenvalue weighted by Crippen LogP contribution is -2.49. The van der Waals surface area contributed by atoms with Gasteiger partial charge >= 0.3 is 5.97 Å². The summed E-state index contributed by atoms with van der Waals surface area (Å²) in [7, 11) is 0. The van der Waals surface area contributed by atoms with Gasteiger partial charge in [0.1, 0.15) is 6.10 Å². The molecule has 3 saturated carbocycles. The van der Waals surface area contributed by atoms with Gasteiger partial charge in [0.15, 0.2) is 0 Å². The van der Waals surface area contributed by atoms with Crippen LogP contribution in [0.25, 0.3) is 0 Å². The van der Waals surface area contributed by atoms with Gasteiger partial charge in [-0.05, 0) is 138 Å². The van der Waals surface area contributed by atoms with Gasteiger partial charge in [0.05, 0.1) is 5.56 Å². The largest absolute Gasteiger partial charge is 0.459 e. The Kier molecular flexibility index (Phi) is 8.22. The summed E-state index contributed by atoms with van der Waals surface area (Å²) in [4.78, 5) is 12.8. The van der Waals surface area contributed by atoms with E-state index >= 15 is 0 Å². The summed E-state index contributed by atoms with van der Waals surface area (Å²) in [6.07, 6.45) is 17.0. The first kappa shape index (κ1) is 27.7. The molecule has 0 N–H and O–H groups in total. The molecule has 0 unspecified atom stereocenters. The summed E-state index contributed by atoms with van der Waals surface area (Å²) in [6, 6.07) is 7.78. The highest BCUT2D eigenvalue weighted by molar-refractivity contribution is 14.1. The molecule has 204 valence electrons. The van der Waals surface area contributed by atoms with E-state index in [1.807, 2.05) is 29.8 Å². The first-order chi connectivity index (χ1) is 17.6. The molecular formula is C34H49IO2. The highest BCUT2D eigenvalue weighted by atomic mass is 127. The maximum absolute atomic E-state index is 12.8. The number of halogens is 1. The molecule has 3 heteroatoms. The number of rotatable bonds is 7. The molecule has 0 radical (unpaired) electrons. The standard InChI is InChI=1S/C34H49IO2/c1-22(2)8-6-9-23(3)29-14-15-30-28-13-12-25-21-27(37-32(36)24-10-7-11-26(35)20-24)16-18-33(25,4)31(28)17-19-34(29,30)5/h7,10-11,17,20,22-23,25,27-30H,6,8-9,12-16,18-19,21H2,1-5H3/t23-,25+,27-,28+,29-,30+,33+,34-/m1/s1. The number of allylic oxidation sites excluding steroid dienone is 2. The Hall–Kier alpha value is -0.840. The zero-order valence-electron chi connectivity index (χ0n) is 23.9. The Balaban J connectivity index is 1.25. The number of hydrogen-bond donors (Lipinski definition) is 0. The zero-order chi connectivity index (χ0) is 26.4. The smallest absolute Gasteiger partial charge is 0.338 e. The summed E-state index contributed by atoms with van der Waals surface area (Å²) in [6.45, 7) is 12.5. The predicted molar refractivity (Wildman–Crippen MR) is 161 cm³/mol. The zero-order valence-corrected chi connectivity index (χ0v) is 26.1. The Morgan fingerprint density at radius 1 is 1.08 bits per heavy atom. The molecule has 0 aromatic heterocycles. The van der Waals surface area contributed by atoms with E-state index in [1.165, 1.54) is 57.8 Å². The first-order valence-corrected chi connectivity index (χ1v) is 16.4. The molecule has 5 rings (SSSR count). The predicted octanol–water partition coefficient (Wildman–Crippen LogP) is 9.86. The third kappa shape index (κ3) is 5.33. The average molecular weight is 617 g/mol. The van der Waals surface area contributed by atoms with E-state index in [9.17, 15) is 4.79 Å². The van der Waals surface area contributed by atoms with E-state index in [1.54, 1.807) is 0 Å². The quantitative estimate of drug-likeness (QED) is 0.173. The molecule has 37 heavy (non-hydrogen) atoms. The Labute approximate surface area is 239 Å². The van der Waals surface area contributed by atoms with Crippen molar-refractivity contribution >= 4 is 28.6 Å². The van der Waals surface area contributed by atoms with E-state index in [4.69, 9.17) is 4.74 Å². The van der Waals surface area contributed by atoms with Crippen molar-refractivity contribution in [2.75, 3.05) is 0 Å². The Bertz CT molecular complexity index is 1010. The summed E-state index contributed by atoms with van der Waals surface area (Å²) in [5.74, 6) is 4.74. The van der Waals surface area contributed by atoms with Crippen molar-refractivity contribution in [3.05, 3.63) is 45.0 Å². The molecule has 4 aliphatic carbocycles. The molecule has 0 amide bonds. The molecular weight excluding hydrogens is 567 g/mol. The lowest BCUT2D eigenvalue weighted by molar-refractivity contribution is -0.0314. The van der Waals surface area contributed by atoms with Crippen molar-refractivity contribution in [1.29, 1.82) is 0 Å². The maximum atomic E-state index is 12.8. The second kappa shape index (κ2) is 11.0. The number of ether oxygens (including phenoxy) is 1. The lowest BCUT2D eigenvalue weighted by Gasteiger charge is -2.57. The molecule has 0 bridgehead atoms. The summed E-state index contributed by atoms with van der Waals surface area (Å²) >= 11 is 2.26. The van der Waals surface area contributed by atoms with Crippen LogP contribution in [0.2, 0.25) is 0 Å². The summed E-state index contributed by atoms with van der Waals surface area (Å²) < 4.78 is 7.15. The molecule has 0 heterocycles. The van der Waals surface area contributed by atoms with Crippen molar-refractivity contribution in [3.8, 4) is 0 Å². The van der Waals surface area contributed by atoms with Crippen molar-refractivity contribution in [2.24, 2.45) is 46.3 Å². The van der Waals surface area contributed by atoms with Gasteiger partial charge < -0.3 is 4.74 Å². The van der Waals surface area contributed by atoms with Crippen LogP contribution in [0.3, 0.4) is 0 Å². The van der Waals surface area contributed by atoms with Crippen LogP contribution in [0.15, 0.2) is 35.9 Å². The van der Waals surface area contributed by atoms with Crippen molar-refractivity contribution in [1.82, 2.24) is 0 Å². The second-order valence-electron chi connectivity index (χ2n) is 14.1. The Morgan fingerprint density at radius 2 is 1.89 bits per heavy atom. The average Bonchev–Trinajstić information content (AvgIpc) is 3.21. The van der Waals surface area contributed by atoms with Crippen molar-refractivity contribution < 1.29 is 9.53 Å². The van der Waals surface area contributed by atoms with Gasteiger partial charge in [-0.1, -0.05) is 71.6 Å². The van der Waals surface area contributed by atoms with Crippen LogP contribution in [0.1, 0.15) is 116 Å². The van der Waals surface area contributed by atoms with E-state index in [0.29, 0.717) is 22.3 Å². The number of hydrogen-bond acceptors (Lipinski definition) is 2. The van der Waals surface area contributed by atoms with Gasteiger partial charge in [0, 0.05) is 3.57 Å². The van der Waals surface area contributed by atoms with E-state index < -0.39 is 0 Å². The first-order valence-electron chi connectivity index (χ1n) is 15.3. The van der Waals surface area contributed by atoms with Crippen LogP contribution in [0.4, 0.5) is 0 Å². The highest BCUT2D eigenvalue weighted by Crippen LogP contribution is 2.66. The van der Waals surface area contributed by atoms with E-state index in [2.05, 4.69) is 63.3 Å². The third-order valence-corrected chi connectivity index (χ3v) is 12.2. The van der Waals surface area contributed by atoms with Crippen LogP contribution < -0.4 is 0 Å². The van der Waals surface area contributed by atoms with Crippen LogP contribution in [-0.2, 0) is 4.74 Å². The number of carbonyl (C=O) groups is 1. The summed E-state index contributed by atoms with van der Waals surface area (Å²) in [5, 5.41) is 0. The normalized spacial score (nSPS) is 37.8. The fourth-order valence-corrected chi connectivity index (χ4v) is 9.99. The molecule has 8 atom stereocenters. The molecule has 2 nitrogen and oxygen atoms in total. The molecule has 3 fully saturated rings. The number of fused-ring (bicyclic) bond motifs is 5. The molecule has 4 aliphatic rings. The molecule has 0 spiro atoms. The van der Waals surface area contributed by atoms with Gasteiger partial charge in [0.25, 0.3) is 0 Å². The van der Waals surface area contributed by atoms with Gasteiger partial charge in [0.2, 0.25) is 0 Å². The van der Waals surface area contributed by atoms with Crippen LogP contribution in [0, 0.1) is 49.9 Å². The van der Waals surface area contributed by atoms with Crippen molar-refractivity contribution in [2.45, 2.75) is 111 Å². The van der Waals surface area contributed by atoms with Crippen LogP contribution >= 0.6 is 22.6 Å². The van der Waals surface area contributed by atoms with E-state index in [-0.39, 0.29) is 12.1 Å². The number of esters is 1. The minimum absolute atomic E-state index is 0.0667. The fraction of sp³-hybridized carbons (Fsp3) is 0.735. The lowest BCUT2D eigenvalue weighted by atomic mass is 9.48. The fourth-order valence-electron chi connectivity index (χ4n) is 9.45. The molecule has 1 aromatic carbocycles. The maximum Gasteiger partial charge on any atom is 0.338 e. The SMILES string of the molecule is CC(C)CCC[C@@H](C)[C@H]1CC[C@H]2[C@@H]3CC[C@H]4C[C@H](OC(=O)c5cccc(I)c5)CC[C@]4(C)C3=CC[C@]12C. The monoisotopic (exact) mass is 616 g/mol. The van der Waals surface area contributed by atoms with Gasteiger partial charge in [-0.25, -0.2) is 4.79 Å². The number of carbonyl (C=O) groups excluding carboxylic acids is 1. The highest BCUT2D eigenvalue weighted by Gasteiger charge is 2.57. The topological polar surface area (TPSA) is 26.3 Å². The molecule has 0 aliphatic heterocycles. The van der Waals surface area contributed by atoms with Crippen LogP contribution in [-0.4, -0.2) is 12.1 Å². The third-order valence-electron chi connectivity index (χ3n) is 11.5. The second-order valence-corrected chi connectivity index (χ2v) is 15.3. The Morgan fingerprint density at radius 3 is 2.65 bits per heavy atom. The van der Waals surface area contributed by atoms with Crippen LogP contribution in [0.5, 0.6) is 0 Å². The van der Waals surface area contributed by atoms with Gasteiger partial charge in [-0.15, -0.1) is 0 Å². The summed E-state index contributed by atoms with van der Waals surface area (Å²) in [5.41, 5.74) is 3.29.